The van der Waals surface area contributed by atoms with E-state index in [1.54, 1.807) is 0 Å². The zero-order chi connectivity index (χ0) is 10.7. The van der Waals surface area contributed by atoms with Gasteiger partial charge in [-0.25, -0.2) is 0 Å². The van der Waals surface area contributed by atoms with Gasteiger partial charge in [-0.2, -0.15) is 10.6 Å². The molecule has 0 aromatic heterocycles. The van der Waals surface area contributed by atoms with E-state index in [2.05, 4.69) is 17.0 Å². The zero-order valence-corrected chi connectivity index (χ0v) is 9.49. The maximum Gasteiger partial charge on any atom is 0.0502 e. The predicted octanol–water partition coefficient (Wildman–Crippen LogP) is 2.25. The summed E-state index contributed by atoms with van der Waals surface area (Å²) in [5.74, 6) is 1.06. The second-order valence-corrected chi connectivity index (χ2v) is 6.39. The lowest BCUT2D eigenvalue weighted by atomic mass is 10.2. The zero-order valence-electron chi connectivity index (χ0n) is 8.67. The van der Waals surface area contributed by atoms with Crippen LogP contribution < -0.4 is 0 Å². The molecule has 84 valence electrons. The third kappa shape index (κ3) is 3.21. The second-order valence-electron chi connectivity index (χ2n) is 3.97. The molecule has 0 radical (unpaired) electrons. The van der Waals surface area contributed by atoms with Crippen LogP contribution in [0.5, 0.6) is 0 Å². The summed E-state index contributed by atoms with van der Waals surface area (Å²) in [6, 6.07) is 10.3. The van der Waals surface area contributed by atoms with Crippen molar-refractivity contribution in [2.45, 2.75) is 6.54 Å². The average Bonchev–Trinajstić information content (AvgIpc) is 2.23. The molecule has 1 aromatic carbocycles. The Morgan fingerprint density at radius 3 is 2.27 bits per heavy atom. The van der Waals surface area contributed by atoms with Crippen LogP contribution in [0.4, 0.5) is 0 Å². The Bertz CT molecular complexity index is 306. The van der Waals surface area contributed by atoms with E-state index in [4.69, 9.17) is 0 Å². The molecular formula is C11H17NO2S. The third-order valence-electron chi connectivity index (χ3n) is 2.72. The van der Waals surface area contributed by atoms with E-state index in [0.29, 0.717) is 11.5 Å². The molecule has 1 aliphatic rings. The molecule has 2 N–H and O–H groups in total. The lowest BCUT2D eigenvalue weighted by Gasteiger charge is -2.41. The molecular weight excluding hydrogens is 210 g/mol. The molecule has 0 aliphatic carbocycles. The highest BCUT2D eigenvalue weighted by molar-refractivity contribution is 8.24. The van der Waals surface area contributed by atoms with Gasteiger partial charge in [0.15, 0.2) is 0 Å². The Balaban J connectivity index is 1.88. The minimum atomic E-state index is -2.25. The van der Waals surface area contributed by atoms with Crippen LogP contribution in [0.3, 0.4) is 0 Å². The Labute approximate surface area is 92.1 Å². The maximum absolute atomic E-state index is 9.47. The number of rotatable bonds is 2. The van der Waals surface area contributed by atoms with Crippen molar-refractivity contribution in [2.24, 2.45) is 0 Å². The molecule has 3 nitrogen and oxygen atoms in total. The first kappa shape index (κ1) is 11.0. The van der Waals surface area contributed by atoms with E-state index in [1.165, 1.54) is 5.56 Å². The molecule has 0 unspecified atom stereocenters. The molecule has 1 saturated heterocycles. The highest BCUT2D eigenvalue weighted by atomic mass is 32.3. The summed E-state index contributed by atoms with van der Waals surface area (Å²) >= 11 is 0. The molecule has 1 aliphatic heterocycles. The van der Waals surface area contributed by atoms with Crippen molar-refractivity contribution in [1.82, 2.24) is 4.90 Å². The first-order chi connectivity index (χ1) is 7.16. The van der Waals surface area contributed by atoms with E-state index < -0.39 is 10.6 Å². The second kappa shape index (κ2) is 4.53. The van der Waals surface area contributed by atoms with Gasteiger partial charge in [0.2, 0.25) is 0 Å². The summed E-state index contributed by atoms with van der Waals surface area (Å²) in [5.41, 5.74) is 1.29. The lowest BCUT2D eigenvalue weighted by molar-refractivity contribution is 0.278. The lowest BCUT2D eigenvalue weighted by Crippen LogP contribution is -2.37. The van der Waals surface area contributed by atoms with Gasteiger partial charge in [0, 0.05) is 19.6 Å². The SMILES string of the molecule is OS1(O)CCN(Cc2ccccc2)CC1. The van der Waals surface area contributed by atoms with Gasteiger partial charge < -0.3 is 0 Å². The van der Waals surface area contributed by atoms with E-state index in [-0.39, 0.29) is 0 Å². The minimum absolute atomic E-state index is 0.528. The molecule has 0 atom stereocenters. The van der Waals surface area contributed by atoms with E-state index in [0.717, 1.165) is 19.6 Å². The summed E-state index contributed by atoms with van der Waals surface area (Å²) in [5, 5.41) is 0. The van der Waals surface area contributed by atoms with Gasteiger partial charge in [-0.1, -0.05) is 30.3 Å². The van der Waals surface area contributed by atoms with E-state index in [1.807, 2.05) is 18.2 Å². The molecule has 2 rings (SSSR count). The Kier molecular flexibility index (Phi) is 3.31. The molecule has 0 amide bonds. The smallest absolute Gasteiger partial charge is 0.0502 e. The van der Waals surface area contributed by atoms with Crippen LogP contribution in [0.25, 0.3) is 0 Å². The Hall–Kier alpha value is -0.550. The predicted molar refractivity (Wildman–Crippen MR) is 64.3 cm³/mol. The first-order valence-corrected chi connectivity index (χ1v) is 7.04. The molecule has 1 heterocycles. The highest BCUT2D eigenvalue weighted by Gasteiger charge is 2.21. The van der Waals surface area contributed by atoms with Crippen LogP contribution in [0.15, 0.2) is 30.3 Å². The molecule has 15 heavy (non-hydrogen) atoms. The van der Waals surface area contributed by atoms with E-state index >= 15 is 0 Å². The topological polar surface area (TPSA) is 43.7 Å². The average molecular weight is 227 g/mol. The quantitative estimate of drug-likeness (QED) is 0.814. The number of hydrogen-bond donors (Lipinski definition) is 2. The summed E-state index contributed by atoms with van der Waals surface area (Å²) in [6.07, 6.45) is 0. The van der Waals surface area contributed by atoms with Gasteiger partial charge in [0.25, 0.3) is 0 Å². The number of hydrogen-bond acceptors (Lipinski definition) is 3. The number of benzene rings is 1. The van der Waals surface area contributed by atoms with Crippen molar-refractivity contribution in [1.29, 1.82) is 0 Å². The van der Waals surface area contributed by atoms with Crippen molar-refractivity contribution < 1.29 is 9.11 Å². The fourth-order valence-electron chi connectivity index (χ4n) is 1.76. The summed E-state index contributed by atoms with van der Waals surface area (Å²) in [6.45, 7) is 2.49. The van der Waals surface area contributed by atoms with Gasteiger partial charge in [-0.3, -0.25) is 14.0 Å². The fraction of sp³-hybridized carbons (Fsp3) is 0.455. The molecule has 1 fully saturated rings. The summed E-state index contributed by atoms with van der Waals surface area (Å²) in [7, 11) is -2.25. The Morgan fingerprint density at radius 2 is 1.67 bits per heavy atom. The van der Waals surface area contributed by atoms with Crippen LogP contribution in [-0.4, -0.2) is 38.6 Å². The van der Waals surface area contributed by atoms with Crippen LogP contribution in [0.1, 0.15) is 5.56 Å². The molecule has 1 aromatic rings. The highest BCUT2D eigenvalue weighted by Crippen LogP contribution is 2.40. The standard InChI is InChI=1S/C11H17NO2S/c13-15(14)8-6-12(7-9-15)10-11-4-2-1-3-5-11/h1-5,13-14H,6-10H2. The van der Waals surface area contributed by atoms with Crippen LogP contribution in [-0.2, 0) is 6.54 Å². The van der Waals surface area contributed by atoms with Gasteiger partial charge in [-0.15, -0.1) is 0 Å². The van der Waals surface area contributed by atoms with Crippen molar-refractivity contribution in [2.75, 3.05) is 24.6 Å². The normalized spacial score (nSPS) is 23.6. The van der Waals surface area contributed by atoms with Crippen molar-refractivity contribution >= 4 is 10.6 Å². The van der Waals surface area contributed by atoms with Gasteiger partial charge in [-0.05, 0) is 5.56 Å². The molecule has 0 bridgehead atoms. The largest absolute Gasteiger partial charge is 0.299 e. The van der Waals surface area contributed by atoms with Crippen molar-refractivity contribution in [3.8, 4) is 0 Å². The monoisotopic (exact) mass is 227 g/mol. The summed E-state index contributed by atoms with van der Waals surface area (Å²) < 4.78 is 18.9. The number of nitrogens with zero attached hydrogens (tertiary/aromatic N) is 1. The molecule has 0 spiro atoms. The molecule has 4 heteroatoms. The van der Waals surface area contributed by atoms with E-state index in [9.17, 15) is 9.11 Å². The third-order valence-corrected chi connectivity index (χ3v) is 4.39. The van der Waals surface area contributed by atoms with Crippen LogP contribution >= 0.6 is 10.6 Å². The van der Waals surface area contributed by atoms with Gasteiger partial charge in [0.05, 0.1) is 11.5 Å². The minimum Gasteiger partial charge on any atom is -0.299 e. The fourth-order valence-corrected chi connectivity index (χ4v) is 3.07. The van der Waals surface area contributed by atoms with Crippen LogP contribution in [0, 0.1) is 0 Å². The van der Waals surface area contributed by atoms with Crippen LogP contribution in [0.2, 0.25) is 0 Å². The van der Waals surface area contributed by atoms with Gasteiger partial charge >= 0.3 is 0 Å². The maximum atomic E-state index is 9.47. The van der Waals surface area contributed by atoms with Crippen molar-refractivity contribution in [3.05, 3.63) is 35.9 Å². The Morgan fingerprint density at radius 1 is 1.07 bits per heavy atom. The van der Waals surface area contributed by atoms with Crippen molar-refractivity contribution in [3.63, 3.8) is 0 Å². The summed E-state index contributed by atoms with van der Waals surface area (Å²) in [4.78, 5) is 2.27. The first-order valence-electron chi connectivity index (χ1n) is 5.16. The van der Waals surface area contributed by atoms with Gasteiger partial charge in [0.1, 0.15) is 0 Å². The molecule has 0 saturated carbocycles.